The van der Waals surface area contributed by atoms with E-state index in [-0.39, 0.29) is 17.0 Å². The molecule has 1 amide bonds. The summed E-state index contributed by atoms with van der Waals surface area (Å²) in [5.41, 5.74) is 1.61. The van der Waals surface area contributed by atoms with Gasteiger partial charge >= 0.3 is 5.97 Å². The predicted molar refractivity (Wildman–Crippen MR) is 74.4 cm³/mol. The van der Waals surface area contributed by atoms with Gasteiger partial charge in [-0.3, -0.25) is 14.4 Å². The Kier molecular flexibility index (Phi) is 2.93. The molecule has 0 radical (unpaired) electrons. The highest BCUT2D eigenvalue weighted by atomic mass is 32.2. The lowest BCUT2D eigenvalue weighted by atomic mass is 10.0. The molecule has 1 N–H and O–H groups in total. The molecule has 1 fully saturated rings. The molecule has 20 heavy (non-hydrogen) atoms. The number of hydrogen-bond donors (Lipinski definition) is 1. The lowest BCUT2D eigenvalue weighted by molar-refractivity contribution is -0.141. The minimum atomic E-state index is -1.04. The molecule has 1 aromatic heterocycles. The molecule has 3 heterocycles. The van der Waals surface area contributed by atoms with Gasteiger partial charge in [0.05, 0.1) is 11.8 Å². The maximum atomic E-state index is 12.2. The third-order valence-corrected chi connectivity index (χ3v) is 4.75. The molecule has 0 spiro atoms. The number of fused-ring (bicyclic) bond motifs is 1. The van der Waals surface area contributed by atoms with Gasteiger partial charge in [-0.1, -0.05) is 18.7 Å². The molecule has 1 atom stereocenters. The molecule has 1 aromatic rings. The summed E-state index contributed by atoms with van der Waals surface area (Å²) >= 11 is 1.44. The maximum Gasteiger partial charge on any atom is 0.353 e. The van der Waals surface area contributed by atoms with Gasteiger partial charge in [0, 0.05) is 23.7 Å². The second-order valence-corrected chi connectivity index (χ2v) is 5.80. The maximum absolute atomic E-state index is 12.2. The average molecular weight is 291 g/mol. The third kappa shape index (κ3) is 1.77. The van der Waals surface area contributed by atoms with E-state index in [4.69, 9.17) is 0 Å². The Morgan fingerprint density at radius 2 is 2.35 bits per heavy atom. The molecule has 3 rings (SSSR count). The molecule has 104 valence electrons. The average Bonchev–Trinajstić information content (AvgIpc) is 2.97. The van der Waals surface area contributed by atoms with Gasteiger partial charge in [0.2, 0.25) is 0 Å². The van der Waals surface area contributed by atoms with E-state index < -0.39 is 5.97 Å². The van der Waals surface area contributed by atoms with Crippen molar-refractivity contribution in [1.82, 2.24) is 14.7 Å². The van der Waals surface area contributed by atoms with Crippen LogP contribution in [0.15, 0.2) is 28.6 Å². The molecule has 0 bridgehead atoms. The zero-order valence-corrected chi connectivity index (χ0v) is 11.8. The normalized spacial score (nSPS) is 23.3. The molecular formula is C13H13N3O3S. The summed E-state index contributed by atoms with van der Waals surface area (Å²) in [5, 5.41) is 13.1. The van der Waals surface area contributed by atoms with Gasteiger partial charge in [-0.05, 0) is 12.5 Å². The van der Waals surface area contributed by atoms with Crippen LogP contribution < -0.4 is 0 Å². The summed E-state index contributed by atoms with van der Waals surface area (Å²) in [5.74, 6) is -1.27. The quantitative estimate of drug-likeness (QED) is 0.673. The number of carbonyl (C=O) groups excluding carboxylic acids is 1. The molecule has 0 aliphatic carbocycles. The minimum Gasteiger partial charge on any atom is -0.477 e. The molecule has 0 unspecified atom stereocenters. The number of aliphatic carboxylic acids is 1. The molecule has 1 saturated heterocycles. The van der Waals surface area contributed by atoms with E-state index in [2.05, 4.69) is 5.10 Å². The van der Waals surface area contributed by atoms with E-state index in [1.165, 1.54) is 16.7 Å². The van der Waals surface area contributed by atoms with Crippen LogP contribution in [0.1, 0.15) is 18.9 Å². The van der Waals surface area contributed by atoms with Crippen molar-refractivity contribution in [2.24, 2.45) is 7.05 Å². The number of aromatic nitrogens is 2. The summed E-state index contributed by atoms with van der Waals surface area (Å²) in [6, 6.07) is 0. The Bertz CT molecular complexity index is 674. The number of allylic oxidation sites excluding steroid dienone is 1. The first-order chi connectivity index (χ1) is 9.52. The van der Waals surface area contributed by atoms with Crippen molar-refractivity contribution in [3.05, 3.63) is 34.1 Å². The van der Waals surface area contributed by atoms with Gasteiger partial charge < -0.3 is 5.11 Å². The van der Waals surface area contributed by atoms with Crippen molar-refractivity contribution in [2.75, 3.05) is 0 Å². The van der Waals surface area contributed by atoms with E-state index >= 15 is 0 Å². The van der Waals surface area contributed by atoms with Crippen LogP contribution in [0.3, 0.4) is 0 Å². The molecule has 0 aromatic carbocycles. The van der Waals surface area contributed by atoms with Crippen LogP contribution in [0.5, 0.6) is 0 Å². The van der Waals surface area contributed by atoms with Gasteiger partial charge in [0.15, 0.2) is 0 Å². The van der Waals surface area contributed by atoms with Crippen molar-refractivity contribution in [3.63, 3.8) is 0 Å². The van der Waals surface area contributed by atoms with Crippen molar-refractivity contribution in [3.8, 4) is 0 Å². The van der Waals surface area contributed by atoms with Crippen LogP contribution >= 0.6 is 11.8 Å². The summed E-state index contributed by atoms with van der Waals surface area (Å²) in [6.07, 6.45) is 5.89. The first-order valence-corrected chi connectivity index (χ1v) is 7.07. The first-order valence-electron chi connectivity index (χ1n) is 6.19. The van der Waals surface area contributed by atoms with E-state index in [1.54, 1.807) is 24.0 Å². The molecule has 2 aliphatic heterocycles. The number of β-lactam (4-membered cyclic amide) rings is 1. The van der Waals surface area contributed by atoms with Crippen molar-refractivity contribution < 1.29 is 14.7 Å². The monoisotopic (exact) mass is 291 g/mol. The van der Waals surface area contributed by atoms with Crippen LogP contribution in [0.4, 0.5) is 0 Å². The van der Waals surface area contributed by atoms with E-state index in [9.17, 15) is 14.7 Å². The summed E-state index contributed by atoms with van der Waals surface area (Å²) in [7, 11) is 1.81. The van der Waals surface area contributed by atoms with Crippen molar-refractivity contribution in [2.45, 2.75) is 18.7 Å². The second-order valence-electron chi connectivity index (χ2n) is 4.62. The minimum absolute atomic E-state index is 0.135. The number of thioether (sulfide) groups is 1. The smallest absolute Gasteiger partial charge is 0.353 e. The summed E-state index contributed by atoms with van der Waals surface area (Å²) in [6.45, 7) is 1.89. The topological polar surface area (TPSA) is 75.4 Å². The molecule has 2 aliphatic rings. The SMILES string of the molecule is CCC1=C(C(=O)O)N2C(=O)/C(=C/c3cnn(C)c3)[C@H]2S1. The number of hydrogen-bond acceptors (Lipinski definition) is 4. The molecular weight excluding hydrogens is 278 g/mol. The number of amides is 1. The van der Waals surface area contributed by atoms with Crippen LogP contribution in [-0.2, 0) is 16.6 Å². The summed E-state index contributed by atoms with van der Waals surface area (Å²) in [4.78, 5) is 25.6. The van der Waals surface area contributed by atoms with Crippen LogP contribution in [-0.4, -0.2) is 37.0 Å². The van der Waals surface area contributed by atoms with E-state index in [0.29, 0.717) is 12.0 Å². The van der Waals surface area contributed by atoms with Crippen LogP contribution in [0, 0.1) is 0 Å². The van der Waals surface area contributed by atoms with Crippen LogP contribution in [0.2, 0.25) is 0 Å². The fourth-order valence-electron chi connectivity index (χ4n) is 2.38. The second kappa shape index (κ2) is 4.52. The fraction of sp³-hybridized carbons (Fsp3) is 0.308. The number of nitrogens with zero attached hydrogens (tertiary/aromatic N) is 3. The van der Waals surface area contributed by atoms with Gasteiger partial charge in [-0.25, -0.2) is 4.79 Å². The van der Waals surface area contributed by atoms with E-state index in [1.807, 2.05) is 13.1 Å². The lowest BCUT2D eigenvalue weighted by Crippen LogP contribution is -2.51. The number of carbonyl (C=O) groups is 2. The highest BCUT2D eigenvalue weighted by molar-refractivity contribution is 8.04. The summed E-state index contributed by atoms with van der Waals surface area (Å²) < 4.78 is 1.66. The van der Waals surface area contributed by atoms with Crippen molar-refractivity contribution in [1.29, 1.82) is 0 Å². The third-order valence-electron chi connectivity index (χ3n) is 3.30. The van der Waals surface area contributed by atoms with Crippen molar-refractivity contribution >= 4 is 29.7 Å². The van der Waals surface area contributed by atoms with Gasteiger partial charge in [0.1, 0.15) is 11.1 Å². The Labute approximate surface area is 119 Å². The predicted octanol–water partition coefficient (Wildman–Crippen LogP) is 1.42. The Morgan fingerprint density at radius 3 is 2.90 bits per heavy atom. The highest BCUT2D eigenvalue weighted by Crippen LogP contribution is 2.50. The molecule has 7 heteroatoms. The molecule has 0 saturated carbocycles. The Morgan fingerprint density at radius 1 is 1.60 bits per heavy atom. The number of rotatable bonds is 3. The van der Waals surface area contributed by atoms with Crippen LogP contribution in [0.25, 0.3) is 6.08 Å². The number of carboxylic acid groups (broad SMARTS) is 1. The zero-order chi connectivity index (χ0) is 14.4. The largest absolute Gasteiger partial charge is 0.477 e. The highest BCUT2D eigenvalue weighted by Gasteiger charge is 2.51. The Hall–Kier alpha value is -2.02. The molecule has 6 nitrogen and oxygen atoms in total. The number of aryl methyl sites for hydroxylation is 1. The zero-order valence-electron chi connectivity index (χ0n) is 11.0. The van der Waals surface area contributed by atoms with Gasteiger partial charge in [-0.2, -0.15) is 5.10 Å². The Balaban J connectivity index is 1.91. The first kappa shape index (κ1) is 13.0. The van der Waals surface area contributed by atoms with Gasteiger partial charge in [-0.15, -0.1) is 0 Å². The van der Waals surface area contributed by atoms with Gasteiger partial charge in [0.25, 0.3) is 5.91 Å². The van der Waals surface area contributed by atoms with E-state index in [0.717, 1.165) is 10.5 Å². The standard InChI is InChI=1S/C13H13N3O3S/c1-3-9-10(13(18)19)16-11(17)8(12(16)20-9)4-7-5-14-15(2)6-7/h4-6,12H,3H2,1-2H3,(H,18,19)/b8-4-/t12-/m1/s1. The lowest BCUT2D eigenvalue weighted by Gasteiger charge is -2.37. The fourth-order valence-corrected chi connectivity index (χ4v) is 3.72. The number of carboxylic acids is 1.